The molecule has 1 heterocycles. The van der Waals surface area contributed by atoms with Gasteiger partial charge in [-0.1, -0.05) is 44.2 Å². The molecule has 2 rings (SSSR count). The molecule has 0 radical (unpaired) electrons. The van der Waals surface area contributed by atoms with E-state index in [-0.39, 0.29) is 0 Å². The van der Waals surface area contributed by atoms with Crippen molar-refractivity contribution in [1.29, 1.82) is 0 Å². The van der Waals surface area contributed by atoms with Gasteiger partial charge in [0.15, 0.2) is 0 Å². The first-order valence-electron chi connectivity index (χ1n) is 6.93. The van der Waals surface area contributed by atoms with E-state index in [1.54, 1.807) is 0 Å². The lowest BCUT2D eigenvalue weighted by Crippen LogP contribution is -2.22. The molecular formula is C17H22N2. The normalized spacial score (nSPS) is 12.6. The number of rotatable bonds is 6. The Morgan fingerprint density at radius 3 is 2.32 bits per heavy atom. The second-order valence-corrected chi connectivity index (χ2v) is 5.33. The highest BCUT2D eigenvalue weighted by molar-refractivity contribution is 5.19. The number of aromatic nitrogens is 1. The zero-order valence-corrected chi connectivity index (χ0v) is 11.7. The fourth-order valence-electron chi connectivity index (χ4n) is 2.24. The van der Waals surface area contributed by atoms with Crippen LogP contribution in [0.4, 0.5) is 0 Å². The second kappa shape index (κ2) is 7.05. The van der Waals surface area contributed by atoms with Gasteiger partial charge in [-0.25, -0.2) is 0 Å². The minimum atomic E-state index is 0.411. The van der Waals surface area contributed by atoms with Crippen LogP contribution in [0, 0.1) is 5.92 Å². The summed E-state index contributed by atoms with van der Waals surface area (Å²) < 4.78 is 0. The van der Waals surface area contributed by atoms with E-state index in [1.165, 1.54) is 11.1 Å². The molecule has 0 aliphatic rings. The number of nitrogens with zero attached hydrogens (tertiary/aromatic N) is 1. The average molecular weight is 254 g/mol. The molecule has 0 aliphatic heterocycles. The van der Waals surface area contributed by atoms with Crippen molar-refractivity contribution in [3.05, 3.63) is 66.0 Å². The van der Waals surface area contributed by atoms with Crippen molar-refractivity contribution < 1.29 is 0 Å². The Morgan fingerprint density at radius 1 is 1.00 bits per heavy atom. The summed E-state index contributed by atoms with van der Waals surface area (Å²) in [6.07, 6.45) is 4.84. The predicted octanol–water partition coefficient (Wildman–Crippen LogP) is 3.96. The molecule has 0 fully saturated rings. The number of hydrogen-bond donors (Lipinski definition) is 1. The topological polar surface area (TPSA) is 24.9 Å². The van der Waals surface area contributed by atoms with Gasteiger partial charge in [-0.05, 0) is 35.6 Å². The summed E-state index contributed by atoms with van der Waals surface area (Å²) in [5, 5.41) is 3.66. The lowest BCUT2D eigenvalue weighted by atomic mass is 9.97. The van der Waals surface area contributed by atoms with Crippen LogP contribution in [-0.2, 0) is 6.54 Å². The molecule has 1 aromatic carbocycles. The van der Waals surface area contributed by atoms with Crippen molar-refractivity contribution in [1.82, 2.24) is 10.3 Å². The molecule has 0 saturated heterocycles. The Balaban J connectivity index is 2.02. The number of pyridine rings is 1. The summed E-state index contributed by atoms with van der Waals surface area (Å²) >= 11 is 0. The van der Waals surface area contributed by atoms with E-state index < -0.39 is 0 Å². The molecule has 0 aliphatic carbocycles. The largest absolute Gasteiger partial charge is 0.306 e. The third-order valence-corrected chi connectivity index (χ3v) is 3.21. The molecular weight excluding hydrogens is 232 g/mol. The molecule has 0 amide bonds. The van der Waals surface area contributed by atoms with Gasteiger partial charge in [0.2, 0.25) is 0 Å². The molecule has 2 heteroatoms. The lowest BCUT2D eigenvalue weighted by Gasteiger charge is -2.21. The van der Waals surface area contributed by atoms with Gasteiger partial charge < -0.3 is 5.32 Å². The first-order valence-corrected chi connectivity index (χ1v) is 6.93. The summed E-state index contributed by atoms with van der Waals surface area (Å²) in [6, 6.07) is 15.2. The zero-order valence-electron chi connectivity index (χ0n) is 11.7. The standard InChI is InChI=1S/C17H22N2/c1-14(2)12-17(16-6-4-3-5-7-16)19-13-15-8-10-18-11-9-15/h3-11,14,17,19H,12-13H2,1-2H3. The Labute approximate surface area is 115 Å². The van der Waals surface area contributed by atoms with Gasteiger partial charge >= 0.3 is 0 Å². The summed E-state index contributed by atoms with van der Waals surface area (Å²) in [5.41, 5.74) is 2.64. The fourth-order valence-corrected chi connectivity index (χ4v) is 2.24. The Kier molecular flexibility index (Phi) is 5.10. The maximum Gasteiger partial charge on any atom is 0.0325 e. The quantitative estimate of drug-likeness (QED) is 0.844. The highest BCUT2D eigenvalue weighted by Gasteiger charge is 2.12. The molecule has 2 aromatic rings. The van der Waals surface area contributed by atoms with Crippen LogP contribution in [0.15, 0.2) is 54.9 Å². The average Bonchev–Trinajstić information content (AvgIpc) is 2.45. The third kappa shape index (κ3) is 4.49. The van der Waals surface area contributed by atoms with Crippen LogP contribution >= 0.6 is 0 Å². The molecule has 19 heavy (non-hydrogen) atoms. The first kappa shape index (κ1) is 13.8. The van der Waals surface area contributed by atoms with Gasteiger partial charge in [0.25, 0.3) is 0 Å². The van der Waals surface area contributed by atoms with E-state index >= 15 is 0 Å². The van der Waals surface area contributed by atoms with E-state index in [0.717, 1.165) is 13.0 Å². The van der Waals surface area contributed by atoms with Gasteiger partial charge in [-0.3, -0.25) is 4.98 Å². The molecule has 1 aromatic heterocycles. The van der Waals surface area contributed by atoms with Gasteiger partial charge in [-0.15, -0.1) is 0 Å². The van der Waals surface area contributed by atoms with Crippen LogP contribution in [0.2, 0.25) is 0 Å². The molecule has 1 N–H and O–H groups in total. The monoisotopic (exact) mass is 254 g/mol. The molecule has 100 valence electrons. The summed E-state index contributed by atoms with van der Waals surface area (Å²) in [7, 11) is 0. The van der Waals surface area contributed by atoms with Crippen molar-refractivity contribution in [3.63, 3.8) is 0 Å². The first-order chi connectivity index (χ1) is 9.25. The van der Waals surface area contributed by atoms with E-state index in [4.69, 9.17) is 0 Å². The minimum absolute atomic E-state index is 0.411. The summed E-state index contributed by atoms with van der Waals surface area (Å²) in [6.45, 7) is 5.42. The van der Waals surface area contributed by atoms with Crippen LogP contribution in [0.3, 0.4) is 0 Å². The zero-order chi connectivity index (χ0) is 13.5. The van der Waals surface area contributed by atoms with Gasteiger partial charge in [0.05, 0.1) is 0 Å². The van der Waals surface area contributed by atoms with E-state index in [9.17, 15) is 0 Å². The van der Waals surface area contributed by atoms with Gasteiger partial charge in [0, 0.05) is 25.0 Å². The van der Waals surface area contributed by atoms with Crippen molar-refractivity contribution in [2.75, 3.05) is 0 Å². The van der Waals surface area contributed by atoms with E-state index in [2.05, 4.69) is 66.6 Å². The molecule has 1 atom stereocenters. The Hall–Kier alpha value is -1.67. The summed E-state index contributed by atoms with van der Waals surface area (Å²) in [4.78, 5) is 4.05. The Bertz CT molecular complexity index is 465. The number of nitrogens with one attached hydrogen (secondary N) is 1. The van der Waals surface area contributed by atoms with Crippen LogP contribution in [0.5, 0.6) is 0 Å². The van der Waals surface area contributed by atoms with Crippen LogP contribution in [0.25, 0.3) is 0 Å². The molecule has 1 unspecified atom stereocenters. The SMILES string of the molecule is CC(C)CC(NCc1ccncc1)c1ccccc1. The number of hydrogen-bond acceptors (Lipinski definition) is 2. The fraction of sp³-hybridized carbons (Fsp3) is 0.353. The van der Waals surface area contributed by atoms with Crippen molar-refractivity contribution >= 4 is 0 Å². The molecule has 0 saturated carbocycles. The van der Waals surface area contributed by atoms with E-state index in [1.807, 2.05) is 12.4 Å². The van der Waals surface area contributed by atoms with Crippen molar-refractivity contribution in [2.45, 2.75) is 32.9 Å². The highest BCUT2D eigenvalue weighted by atomic mass is 14.9. The van der Waals surface area contributed by atoms with Crippen molar-refractivity contribution in [2.24, 2.45) is 5.92 Å². The second-order valence-electron chi connectivity index (χ2n) is 5.33. The lowest BCUT2D eigenvalue weighted by molar-refractivity contribution is 0.428. The van der Waals surface area contributed by atoms with Crippen LogP contribution in [-0.4, -0.2) is 4.98 Å². The predicted molar refractivity (Wildman–Crippen MR) is 79.7 cm³/mol. The maximum absolute atomic E-state index is 4.05. The smallest absolute Gasteiger partial charge is 0.0325 e. The minimum Gasteiger partial charge on any atom is -0.306 e. The number of benzene rings is 1. The van der Waals surface area contributed by atoms with E-state index in [0.29, 0.717) is 12.0 Å². The van der Waals surface area contributed by atoms with Gasteiger partial charge in [-0.2, -0.15) is 0 Å². The highest BCUT2D eigenvalue weighted by Crippen LogP contribution is 2.21. The van der Waals surface area contributed by atoms with Gasteiger partial charge in [0.1, 0.15) is 0 Å². The van der Waals surface area contributed by atoms with Crippen LogP contribution < -0.4 is 5.32 Å². The van der Waals surface area contributed by atoms with Crippen LogP contribution in [0.1, 0.15) is 37.4 Å². The molecule has 0 spiro atoms. The molecule has 2 nitrogen and oxygen atoms in total. The third-order valence-electron chi connectivity index (χ3n) is 3.21. The maximum atomic E-state index is 4.05. The van der Waals surface area contributed by atoms with Crippen molar-refractivity contribution in [3.8, 4) is 0 Å². The Morgan fingerprint density at radius 2 is 1.68 bits per heavy atom. The molecule has 0 bridgehead atoms. The summed E-state index contributed by atoms with van der Waals surface area (Å²) in [5.74, 6) is 0.676.